The maximum atomic E-state index is 12.6. The number of ether oxygens (including phenoxy) is 2. The Morgan fingerprint density at radius 2 is 1.59 bits per heavy atom. The van der Waals surface area contributed by atoms with Gasteiger partial charge in [0.15, 0.2) is 0 Å². The quantitative estimate of drug-likeness (QED) is 0.332. The van der Waals surface area contributed by atoms with E-state index in [4.69, 9.17) is 0 Å². The molecule has 1 aliphatic carbocycles. The molecule has 0 aliphatic heterocycles. The predicted molar refractivity (Wildman–Crippen MR) is 76.5 cm³/mol. The van der Waals surface area contributed by atoms with Crippen LogP contribution in [0.2, 0.25) is 0 Å². The maximum Gasteiger partial charge on any atom is 0.343 e. The van der Waals surface area contributed by atoms with Gasteiger partial charge in [0, 0.05) is 19.0 Å². The van der Waals surface area contributed by atoms with Gasteiger partial charge in [0.05, 0.1) is 14.2 Å². The topological polar surface area (TPSA) is 90.0 Å². The van der Waals surface area contributed by atoms with Crippen LogP contribution in [0.4, 0.5) is 0 Å². The number of carbonyl (C=O) groups excluding carboxylic acids is 4. The number of methoxy groups -OCH3 is 2. The molecule has 0 aromatic carbocycles. The standard InChI is InChI=1S/C15H21NO6/c1-10(17)16(11-7-5-4-6-8-11)14(19)12(15(20)22-3)9-13(18)21-2/h9,11H,4-8H2,1-3H3/b12-9+. The second kappa shape index (κ2) is 8.31. The van der Waals surface area contributed by atoms with Gasteiger partial charge in [-0.05, 0) is 12.8 Å². The number of hydrogen-bond donors (Lipinski definition) is 0. The van der Waals surface area contributed by atoms with Crippen LogP contribution in [0.5, 0.6) is 0 Å². The molecule has 0 heterocycles. The third kappa shape index (κ3) is 4.41. The number of carbonyl (C=O) groups is 4. The van der Waals surface area contributed by atoms with Gasteiger partial charge in [0.2, 0.25) is 5.91 Å². The summed E-state index contributed by atoms with van der Waals surface area (Å²) < 4.78 is 8.95. The zero-order chi connectivity index (χ0) is 16.7. The van der Waals surface area contributed by atoms with E-state index >= 15 is 0 Å². The average Bonchev–Trinajstić information content (AvgIpc) is 2.52. The first-order valence-corrected chi connectivity index (χ1v) is 7.14. The third-order valence-corrected chi connectivity index (χ3v) is 3.60. The Hall–Kier alpha value is -2.18. The van der Waals surface area contributed by atoms with Gasteiger partial charge in [0.1, 0.15) is 5.57 Å². The summed E-state index contributed by atoms with van der Waals surface area (Å²) in [4.78, 5) is 48.6. The molecule has 7 heteroatoms. The van der Waals surface area contributed by atoms with Crippen molar-refractivity contribution < 1.29 is 28.7 Å². The van der Waals surface area contributed by atoms with Crippen LogP contribution in [0.1, 0.15) is 39.0 Å². The van der Waals surface area contributed by atoms with Crippen LogP contribution in [-0.4, -0.2) is 48.9 Å². The Balaban J connectivity index is 3.11. The molecule has 0 bridgehead atoms. The van der Waals surface area contributed by atoms with Crippen molar-refractivity contribution in [2.45, 2.75) is 45.1 Å². The number of esters is 2. The van der Waals surface area contributed by atoms with Crippen LogP contribution >= 0.6 is 0 Å². The molecule has 0 unspecified atom stereocenters. The van der Waals surface area contributed by atoms with E-state index in [9.17, 15) is 19.2 Å². The van der Waals surface area contributed by atoms with Crippen LogP contribution < -0.4 is 0 Å². The van der Waals surface area contributed by atoms with Gasteiger partial charge in [-0.3, -0.25) is 14.5 Å². The Morgan fingerprint density at radius 3 is 2.05 bits per heavy atom. The molecular weight excluding hydrogens is 290 g/mol. The van der Waals surface area contributed by atoms with Gasteiger partial charge in [-0.1, -0.05) is 19.3 Å². The Bertz CT molecular complexity index is 490. The summed E-state index contributed by atoms with van der Waals surface area (Å²) in [6.07, 6.45) is 5.02. The summed E-state index contributed by atoms with van der Waals surface area (Å²) in [7, 11) is 2.22. The Morgan fingerprint density at radius 1 is 1.00 bits per heavy atom. The highest BCUT2D eigenvalue weighted by Gasteiger charge is 2.34. The number of amides is 2. The third-order valence-electron chi connectivity index (χ3n) is 3.60. The van der Waals surface area contributed by atoms with E-state index in [2.05, 4.69) is 9.47 Å². The van der Waals surface area contributed by atoms with Crippen molar-refractivity contribution in [3.05, 3.63) is 11.6 Å². The van der Waals surface area contributed by atoms with E-state index in [1.54, 1.807) is 0 Å². The minimum absolute atomic E-state index is 0.260. The van der Waals surface area contributed by atoms with E-state index in [0.717, 1.165) is 44.5 Å². The SMILES string of the molecule is COC(=O)/C=C(/C(=O)OC)C(=O)N(C(C)=O)C1CCCCC1. The molecule has 0 aromatic heterocycles. The summed E-state index contributed by atoms with van der Waals surface area (Å²) in [5.41, 5.74) is -0.505. The van der Waals surface area contributed by atoms with Crippen molar-refractivity contribution >= 4 is 23.8 Å². The van der Waals surface area contributed by atoms with Gasteiger partial charge in [0.25, 0.3) is 5.91 Å². The summed E-state index contributed by atoms with van der Waals surface area (Å²) in [6.45, 7) is 1.26. The summed E-state index contributed by atoms with van der Waals surface area (Å²) >= 11 is 0. The van der Waals surface area contributed by atoms with Crippen molar-refractivity contribution in [2.75, 3.05) is 14.2 Å². The van der Waals surface area contributed by atoms with Gasteiger partial charge < -0.3 is 9.47 Å². The predicted octanol–water partition coefficient (Wildman–Crippen LogP) is 0.967. The molecule has 2 amide bonds. The molecule has 0 atom stereocenters. The number of imide groups is 1. The lowest BCUT2D eigenvalue weighted by atomic mass is 9.93. The lowest BCUT2D eigenvalue weighted by Crippen LogP contribution is -2.46. The molecule has 0 saturated heterocycles. The van der Waals surface area contributed by atoms with Crippen LogP contribution in [0.15, 0.2) is 11.6 Å². The van der Waals surface area contributed by atoms with Gasteiger partial charge in [-0.2, -0.15) is 0 Å². The molecule has 0 N–H and O–H groups in total. The first-order chi connectivity index (χ1) is 10.4. The molecule has 122 valence electrons. The fourth-order valence-corrected chi connectivity index (χ4v) is 2.53. The molecule has 0 radical (unpaired) electrons. The number of rotatable bonds is 4. The van der Waals surface area contributed by atoms with Crippen molar-refractivity contribution in [1.82, 2.24) is 4.90 Å². The van der Waals surface area contributed by atoms with Crippen molar-refractivity contribution in [3.63, 3.8) is 0 Å². The zero-order valence-corrected chi connectivity index (χ0v) is 13.1. The zero-order valence-electron chi connectivity index (χ0n) is 13.1. The second-order valence-electron chi connectivity index (χ2n) is 5.06. The minimum Gasteiger partial charge on any atom is -0.466 e. The molecule has 1 aliphatic rings. The highest BCUT2D eigenvalue weighted by atomic mass is 16.5. The van der Waals surface area contributed by atoms with Crippen molar-refractivity contribution in [3.8, 4) is 0 Å². The number of hydrogen-bond acceptors (Lipinski definition) is 6. The Kier molecular flexibility index (Phi) is 6.75. The molecule has 1 rings (SSSR count). The molecule has 0 spiro atoms. The lowest BCUT2D eigenvalue weighted by Gasteiger charge is -2.32. The molecule has 0 aromatic rings. The normalized spacial score (nSPS) is 15.9. The molecule has 22 heavy (non-hydrogen) atoms. The van der Waals surface area contributed by atoms with Crippen molar-refractivity contribution in [2.24, 2.45) is 0 Å². The second-order valence-corrected chi connectivity index (χ2v) is 5.06. The van der Waals surface area contributed by atoms with E-state index in [-0.39, 0.29) is 6.04 Å². The molecule has 1 saturated carbocycles. The first kappa shape index (κ1) is 17.9. The van der Waals surface area contributed by atoms with E-state index in [1.807, 2.05) is 0 Å². The first-order valence-electron chi connectivity index (χ1n) is 7.14. The van der Waals surface area contributed by atoms with E-state index in [1.165, 1.54) is 6.92 Å². The average molecular weight is 311 g/mol. The molecular formula is C15H21NO6. The minimum atomic E-state index is -0.975. The fourth-order valence-electron chi connectivity index (χ4n) is 2.53. The number of nitrogens with zero attached hydrogens (tertiary/aromatic N) is 1. The van der Waals surface area contributed by atoms with Gasteiger partial charge >= 0.3 is 11.9 Å². The van der Waals surface area contributed by atoms with Gasteiger partial charge in [-0.15, -0.1) is 0 Å². The molecule has 7 nitrogen and oxygen atoms in total. The van der Waals surface area contributed by atoms with Crippen LogP contribution in [0.25, 0.3) is 0 Å². The molecule has 1 fully saturated rings. The highest BCUT2D eigenvalue weighted by Crippen LogP contribution is 2.24. The highest BCUT2D eigenvalue weighted by molar-refractivity contribution is 6.22. The van der Waals surface area contributed by atoms with Crippen LogP contribution in [-0.2, 0) is 28.7 Å². The van der Waals surface area contributed by atoms with Crippen molar-refractivity contribution in [1.29, 1.82) is 0 Å². The van der Waals surface area contributed by atoms with E-state index < -0.39 is 29.3 Å². The Labute approximate surface area is 129 Å². The lowest BCUT2D eigenvalue weighted by molar-refractivity contribution is -0.148. The maximum absolute atomic E-state index is 12.6. The monoisotopic (exact) mass is 311 g/mol. The van der Waals surface area contributed by atoms with Gasteiger partial charge in [-0.25, -0.2) is 9.59 Å². The summed E-state index contributed by atoms with van der Waals surface area (Å²) in [5.74, 6) is -3.12. The summed E-state index contributed by atoms with van der Waals surface area (Å²) in [6, 6.07) is -0.260. The van der Waals surface area contributed by atoms with Crippen LogP contribution in [0.3, 0.4) is 0 Å². The summed E-state index contributed by atoms with van der Waals surface area (Å²) in [5, 5.41) is 0. The fraction of sp³-hybridized carbons (Fsp3) is 0.600. The van der Waals surface area contributed by atoms with Crippen LogP contribution in [0, 0.1) is 0 Å². The smallest absolute Gasteiger partial charge is 0.343 e. The largest absolute Gasteiger partial charge is 0.466 e. The van der Waals surface area contributed by atoms with E-state index in [0.29, 0.717) is 12.8 Å².